The minimum atomic E-state index is -1.14. The first kappa shape index (κ1) is 67.9. The molecular formula is C57H64Cl2F14. The fourth-order valence-electron chi connectivity index (χ4n) is 6.29. The molecule has 6 aromatic carbocycles. The van der Waals surface area contributed by atoms with Gasteiger partial charge in [-0.05, 0) is 107 Å². The molecule has 0 nitrogen and oxygen atoms in total. The third-order valence-electron chi connectivity index (χ3n) is 10.5. The molecule has 6 rings (SSSR count). The summed E-state index contributed by atoms with van der Waals surface area (Å²) in [5, 5.41) is -0.443. The predicted molar refractivity (Wildman–Crippen MR) is 269 cm³/mol. The standard InChI is InChI=1S/2C10H12F2.2C9H9ClF2.2C9H9F3.CH4/c1-6(2)8-4-5-9(11)7(3)10(8)12;1-6(2)8-5-4-7(3)9(11)10(8)12;1-5(2)6-3-7(10)9(12)4-8(6)11;1-5(2)6-3-4-7(11)8(10)9(6)12;1-5(2)6-3-8(11)9(12)4-7(6)10;1-5(2)9-7(11)3-6(10)4-8(9)12;/h2*4-6H,1-3H3;4*3-5H,1-2H3;1H4. The van der Waals surface area contributed by atoms with Gasteiger partial charge in [0.1, 0.15) is 63.2 Å². The van der Waals surface area contributed by atoms with E-state index in [1.165, 1.54) is 37.3 Å². The summed E-state index contributed by atoms with van der Waals surface area (Å²) < 4.78 is 180. The van der Waals surface area contributed by atoms with E-state index in [-0.39, 0.29) is 64.6 Å². The number of halogens is 16. The molecule has 0 saturated heterocycles. The highest BCUT2D eigenvalue weighted by Gasteiger charge is 2.17. The normalized spacial score (nSPS) is 10.7. The van der Waals surface area contributed by atoms with E-state index in [2.05, 4.69) is 0 Å². The molecule has 0 fully saturated rings. The van der Waals surface area contributed by atoms with Crippen LogP contribution in [0.2, 0.25) is 10.0 Å². The molecule has 404 valence electrons. The molecule has 0 bridgehead atoms. The van der Waals surface area contributed by atoms with Crippen LogP contribution in [-0.2, 0) is 0 Å². The summed E-state index contributed by atoms with van der Waals surface area (Å²) in [6.45, 7) is 24.5. The summed E-state index contributed by atoms with van der Waals surface area (Å²) in [4.78, 5) is 0. The highest BCUT2D eigenvalue weighted by molar-refractivity contribution is 6.31. The largest absolute Gasteiger partial charge is 0.207 e. The average Bonchev–Trinajstić information content (AvgIpc) is 3.26. The van der Waals surface area contributed by atoms with E-state index in [1.807, 2.05) is 55.4 Å². The van der Waals surface area contributed by atoms with Crippen LogP contribution in [0.3, 0.4) is 0 Å². The zero-order chi connectivity index (χ0) is 55.8. The molecule has 0 amide bonds. The number of aryl methyl sites for hydroxylation is 1. The highest BCUT2D eigenvalue weighted by Crippen LogP contribution is 2.29. The van der Waals surface area contributed by atoms with Gasteiger partial charge in [-0.2, -0.15) is 0 Å². The minimum absolute atomic E-state index is 0. The Morgan fingerprint density at radius 1 is 0.315 bits per heavy atom. The van der Waals surface area contributed by atoms with Gasteiger partial charge in [0, 0.05) is 35.4 Å². The molecule has 0 radical (unpaired) electrons. The van der Waals surface area contributed by atoms with E-state index in [9.17, 15) is 61.5 Å². The summed E-state index contributed by atoms with van der Waals surface area (Å²) in [7, 11) is 0. The maximum absolute atomic E-state index is 13.3. The molecule has 0 aliphatic carbocycles. The van der Waals surface area contributed by atoms with E-state index in [0.717, 1.165) is 12.1 Å². The maximum Gasteiger partial charge on any atom is 0.162 e. The molecule has 0 spiro atoms. The Kier molecular flexibility index (Phi) is 28.8. The average molecular weight is 1090 g/mol. The maximum atomic E-state index is 13.3. The molecule has 0 heterocycles. The predicted octanol–water partition coefficient (Wildman–Crippen LogP) is 21.4. The molecule has 73 heavy (non-hydrogen) atoms. The first-order chi connectivity index (χ1) is 33.2. The minimum Gasteiger partial charge on any atom is -0.207 e. The van der Waals surface area contributed by atoms with Crippen molar-refractivity contribution in [1.82, 2.24) is 0 Å². The first-order valence-electron chi connectivity index (χ1n) is 22.6. The van der Waals surface area contributed by atoms with Crippen LogP contribution in [0.25, 0.3) is 0 Å². The second-order valence-electron chi connectivity index (χ2n) is 18.2. The third-order valence-corrected chi connectivity index (χ3v) is 11.2. The van der Waals surface area contributed by atoms with Gasteiger partial charge in [0.05, 0.1) is 5.02 Å². The number of hydrogen-bond acceptors (Lipinski definition) is 0. The van der Waals surface area contributed by atoms with E-state index in [4.69, 9.17) is 23.2 Å². The SMILES string of the molecule is C.CC(C)c1c(F)cc(F)cc1F.CC(C)c1cc(Cl)c(F)cc1F.CC(C)c1cc(F)c(F)cc1F.CC(C)c1ccc(F)c(Cl)c1F.Cc1c(F)ccc(C(C)C)c1F.Cc1ccc(C(C)C)c(F)c1F. The van der Waals surface area contributed by atoms with Gasteiger partial charge in [-0.15, -0.1) is 0 Å². The fourth-order valence-corrected chi connectivity index (χ4v) is 6.63. The zero-order valence-electron chi connectivity index (χ0n) is 42.4. The molecule has 0 aliphatic rings. The first-order valence-corrected chi connectivity index (χ1v) is 23.4. The van der Waals surface area contributed by atoms with Gasteiger partial charge >= 0.3 is 0 Å². The van der Waals surface area contributed by atoms with E-state index >= 15 is 0 Å². The van der Waals surface area contributed by atoms with E-state index < -0.39 is 86.5 Å². The molecule has 16 heteroatoms. The van der Waals surface area contributed by atoms with Crippen molar-refractivity contribution in [3.63, 3.8) is 0 Å². The lowest BCUT2D eigenvalue weighted by Crippen LogP contribution is -1.98. The molecule has 0 aromatic heterocycles. The second kappa shape index (κ2) is 31.0. The van der Waals surface area contributed by atoms with Gasteiger partial charge in [0.2, 0.25) is 0 Å². The van der Waals surface area contributed by atoms with Crippen molar-refractivity contribution in [2.24, 2.45) is 0 Å². The number of benzene rings is 6. The molecule has 0 saturated carbocycles. The lowest BCUT2D eigenvalue weighted by atomic mass is 10.00. The smallest absolute Gasteiger partial charge is 0.162 e. The number of hydrogen-bond donors (Lipinski definition) is 0. The Morgan fingerprint density at radius 2 is 0.685 bits per heavy atom. The summed E-state index contributed by atoms with van der Waals surface area (Å²) in [5.41, 5.74) is 2.53. The summed E-state index contributed by atoms with van der Waals surface area (Å²) in [6.07, 6.45) is 0. The number of rotatable bonds is 6. The van der Waals surface area contributed by atoms with Gasteiger partial charge in [-0.25, -0.2) is 61.5 Å². The molecule has 0 atom stereocenters. The molecule has 0 unspecified atom stereocenters. The molecule has 6 aromatic rings. The summed E-state index contributed by atoms with van der Waals surface area (Å²) in [6, 6.07) is 13.7. The quantitative estimate of drug-likeness (QED) is 0.0886. The van der Waals surface area contributed by atoms with Crippen molar-refractivity contribution in [3.8, 4) is 0 Å². The second-order valence-corrected chi connectivity index (χ2v) is 19.0. The Labute approximate surface area is 431 Å². The fraction of sp³-hybridized carbons (Fsp3) is 0.368. The lowest BCUT2D eigenvalue weighted by molar-refractivity contribution is 0.487. The van der Waals surface area contributed by atoms with Crippen LogP contribution in [0.1, 0.15) is 171 Å². The van der Waals surface area contributed by atoms with Crippen molar-refractivity contribution in [2.45, 2.75) is 140 Å². The van der Waals surface area contributed by atoms with Gasteiger partial charge in [0.25, 0.3) is 0 Å². The van der Waals surface area contributed by atoms with Gasteiger partial charge in [-0.1, -0.05) is 138 Å². The van der Waals surface area contributed by atoms with E-state index in [0.29, 0.717) is 46.0 Å². The monoisotopic (exact) mass is 1080 g/mol. The molecule has 0 N–H and O–H groups in total. The van der Waals surface area contributed by atoms with Crippen LogP contribution in [-0.4, -0.2) is 0 Å². The summed E-state index contributed by atoms with van der Waals surface area (Å²) >= 11 is 10.9. The molecule has 0 aliphatic heterocycles. The van der Waals surface area contributed by atoms with Gasteiger partial charge in [-0.3, -0.25) is 0 Å². The van der Waals surface area contributed by atoms with Crippen molar-refractivity contribution >= 4 is 23.2 Å². The van der Waals surface area contributed by atoms with Crippen LogP contribution in [0.4, 0.5) is 61.5 Å². The van der Waals surface area contributed by atoms with Crippen LogP contribution in [0.5, 0.6) is 0 Å². The topological polar surface area (TPSA) is 0 Å². The van der Waals surface area contributed by atoms with Gasteiger partial charge in [0.15, 0.2) is 23.3 Å². The zero-order valence-corrected chi connectivity index (χ0v) is 44.0. The van der Waals surface area contributed by atoms with Crippen molar-refractivity contribution in [2.75, 3.05) is 0 Å². The van der Waals surface area contributed by atoms with Crippen LogP contribution in [0, 0.1) is 95.3 Å². The van der Waals surface area contributed by atoms with Crippen molar-refractivity contribution < 1.29 is 61.5 Å². The van der Waals surface area contributed by atoms with Gasteiger partial charge < -0.3 is 0 Å². The Hall–Kier alpha value is -5.08. The molecular weight excluding hydrogens is 1020 g/mol. The Balaban J connectivity index is 0.000000850. The van der Waals surface area contributed by atoms with Crippen molar-refractivity contribution in [1.29, 1.82) is 0 Å². The Morgan fingerprint density at radius 3 is 1.12 bits per heavy atom. The highest BCUT2D eigenvalue weighted by atomic mass is 35.5. The Bertz CT molecular complexity index is 2470. The third kappa shape index (κ3) is 20.3. The van der Waals surface area contributed by atoms with Crippen molar-refractivity contribution in [3.05, 3.63) is 209 Å². The van der Waals surface area contributed by atoms with E-state index in [1.54, 1.807) is 46.8 Å². The summed E-state index contributed by atoms with van der Waals surface area (Å²) in [5.74, 6) is -10.5. The van der Waals surface area contributed by atoms with Crippen LogP contribution < -0.4 is 0 Å². The van der Waals surface area contributed by atoms with Crippen LogP contribution >= 0.6 is 23.2 Å². The van der Waals surface area contributed by atoms with Crippen LogP contribution in [0.15, 0.2) is 72.8 Å². The lowest BCUT2D eigenvalue weighted by Gasteiger charge is -2.08.